The van der Waals surface area contributed by atoms with Gasteiger partial charge in [0.15, 0.2) is 0 Å². The van der Waals surface area contributed by atoms with Crippen LogP contribution in [0.2, 0.25) is 0 Å². The molecule has 1 fully saturated rings. The molecule has 1 aliphatic heterocycles. The van der Waals surface area contributed by atoms with Gasteiger partial charge >= 0.3 is 0 Å². The Morgan fingerprint density at radius 1 is 1.47 bits per heavy atom. The molecular formula is C15H23NO3. The second-order valence-electron chi connectivity index (χ2n) is 5.01. The highest BCUT2D eigenvalue weighted by molar-refractivity contribution is 5.33. The van der Waals surface area contributed by atoms with Crippen molar-refractivity contribution in [3.05, 3.63) is 29.8 Å². The third-order valence-corrected chi connectivity index (χ3v) is 3.68. The zero-order valence-corrected chi connectivity index (χ0v) is 11.7. The van der Waals surface area contributed by atoms with Crippen molar-refractivity contribution in [3.63, 3.8) is 0 Å². The second-order valence-corrected chi connectivity index (χ2v) is 5.01. The molecule has 0 amide bonds. The molecule has 4 heteroatoms. The Morgan fingerprint density at radius 2 is 2.26 bits per heavy atom. The van der Waals surface area contributed by atoms with Crippen LogP contribution in [0.1, 0.15) is 25.8 Å². The van der Waals surface area contributed by atoms with Crippen molar-refractivity contribution in [2.24, 2.45) is 0 Å². The normalized spacial score (nSPS) is 26.6. The SMILES string of the molecule is CCOc1ccccc1CNCC1(O)CCOC1C. The average molecular weight is 265 g/mol. The third-order valence-electron chi connectivity index (χ3n) is 3.68. The molecule has 1 aromatic rings. The van der Waals surface area contributed by atoms with Gasteiger partial charge in [0.25, 0.3) is 0 Å². The van der Waals surface area contributed by atoms with Gasteiger partial charge in [0.05, 0.1) is 12.7 Å². The summed E-state index contributed by atoms with van der Waals surface area (Å²) in [5, 5.41) is 13.7. The molecule has 0 radical (unpaired) electrons. The zero-order valence-electron chi connectivity index (χ0n) is 11.7. The van der Waals surface area contributed by atoms with E-state index in [4.69, 9.17) is 9.47 Å². The van der Waals surface area contributed by atoms with Crippen LogP contribution in [-0.2, 0) is 11.3 Å². The number of para-hydroxylation sites is 1. The molecule has 0 aromatic heterocycles. The van der Waals surface area contributed by atoms with E-state index in [2.05, 4.69) is 5.32 Å². The fraction of sp³-hybridized carbons (Fsp3) is 0.600. The fourth-order valence-electron chi connectivity index (χ4n) is 2.36. The highest BCUT2D eigenvalue weighted by Gasteiger charge is 2.38. The van der Waals surface area contributed by atoms with Crippen molar-refractivity contribution in [2.45, 2.75) is 38.5 Å². The molecule has 2 rings (SSSR count). The summed E-state index contributed by atoms with van der Waals surface area (Å²) in [6, 6.07) is 7.97. The van der Waals surface area contributed by atoms with Crippen molar-refractivity contribution in [2.75, 3.05) is 19.8 Å². The first kappa shape index (κ1) is 14.3. The topological polar surface area (TPSA) is 50.7 Å². The molecule has 1 aromatic carbocycles. The fourth-order valence-corrected chi connectivity index (χ4v) is 2.36. The maximum absolute atomic E-state index is 10.4. The minimum Gasteiger partial charge on any atom is -0.494 e. The molecule has 0 saturated carbocycles. The molecule has 1 aliphatic rings. The number of nitrogens with one attached hydrogen (secondary N) is 1. The molecule has 0 bridgehead atoms. The first-order valence-electron chi connectivity index (χ1n) is 6.91. The Balaban J connectivity index is 1.89. The van der Waals surface area contributed by atoms with Gasteiger partial charge in [-0.1, -0.05) is 18.2 Å². The van der Waals surface area contributed by atoms with Gasteiger partial charge in [-0.2, -0.15) is 0 Å². The van der Waals surface area contributed by atoms with Crippen LogP contribution in [0.15, 0.2) is 24.3 Å². The maximum atomic E-state index is 10.4. The lowest BCUT2D eigenvalue weighted by molar-refractivity contribution is -0.0263. The smallest absolute Gasteiger partial charge is 0.123 e. The lowest BCUT2D eigenvalue weighted by Gasteiger charge is -2.26. The largest absolute Gasteiger partial charge is 0.494 e. The molecule has 0 aliphatic carbocycles. The summed E-state index contributed by atoms with van der Waals surface area (Å²) < 4.78 is 11.0. The summed E-state index contributed by atoms with van der Waals surface area (Å²) in [5.74, 6) is 0.903. The van der Waals surface area contributed by atoms with E-state index in [9.17, 15) is 5.11 Å². The average Bonchev–Trinajstić information content (AvgIpc) is 2.72. The van der Waals surface area contributed by atoms with E-state index >= 15 is 0 Å². The lowest BCUT2D eigenvalue weighted by atomic mass is 9.96. The Bertz CT molecular complexity index is 410. The van der Waals surface area contributed by atoms with Gasteiger partial charge in [-0.25, -0.2) is 0 Å². The minimum atomic E-state index is -0.749. The molecule has 1 heterocycles. The van der Waals surface area contributed by atoms with E-state index in [1.54, 1.807) is 0 Å². The number of ether oxygens (including phenoxy) is 2. The van der Waals surface area contributed by atoms with E-state index in [1.165, 1.54) is 0 Å². The predicted octanol–water partition coefficient (Wildman–Crippen LogP) is 1.71. The Hall–Kier alpha value is -1.10. The van der Waals surface area contributed by atoms with Gasteiger partial charge in [0.1, 0.15) is 11.4 Å². The van der Waals surface area contributed by atoms with Crippen LogP contribution >= 0.6 is 0 Å². The Labute approximate surface area is 114 Å². The molecule has 106 valence electrons. The monoisotopic (exact) mass is 265 g/mol. The molecule has 1 saturated heterocycles. The van der Waals surface area contributed by atoms with E-state index < -0.39 is 5.60 Å². The summed E-state index contributed by atoms with van der Waals surface area (Å²) in [6.45, 7) is 6.41. The highest BCUT2D eigenvalue weighted by atomic mass is 16.5. The predicted molar refractivity (Wildman–Crippen MR) is 74.3 cm³/mol. The van der Waals surface area contributed by atoms with Crippen molar-refractivity contribution in [3.8, 4) is 5.75 Å². The number of aliphatic hydroxyl groups is 1. The number of hydrogen-bond donors (Lipinski definition) is 2. The quantitative estimate of drug-likeness (QED) is 0.822. The molecule has 2 atom stereocenters. The van der Waals surface area contributed by atoms with Crippen molar-refractivity contribution in [1.82, 2.24) is 5.32 Å². The molecule has 4 nitrogen and oxygen atoms in total. The van der Waals surface area contributed by atoms with Crippen LogP contribution in [0.4, 0.5) is 0 Å². The standard InChI is InChI=1S/C15H23NO3/c1-3-18-14-7-5-4-6-13(14)10-16-11-15(17)8-9-19-12(15)2/h4-7,12,16-17H,3,8-11H2,1-2H3. The Morgan fingerprint density at radius 3 is 2.95 bits per heavy atom. The van der Waals surface area contributed by atoms with Crippen LogP contribution in [0.3, 0.4) is 0 Å². The van der Waals surface area contributed by atoms with Crippen LogP contribution in [0.5, 0.6) is 5.75 Å². The van der Waals surface area contributed by atoms with Crippen LogP contribution in [-0.4, -0.2) is 36.6 Å². The minimum absolute atomic E-state index is 0.109. The zero-order chi connectivity index (χ0) is 13.7. The van der Waals surface area contributed by atoms with Gasteiger partial charge in [-0.05, 0) is 19.9 Å². The number of rotatable bonds is 6. The van der Waals surface area contributed by atoms with Gasteiger partial charge in [-0.15, -0.1) is 0 Å². The van der Waals surface area contributed by atoms with Gasteiger partial charge in [0, 0.05) is 31.7 Å². The molecule has 0 spiro atoms. The first-order valence-corrected chi connectivity index (χ1v) is 6.91. The summed E-state index contributed by atoms with van der Waals surface area (Å²) in [5.41, 5.74) is 0.361. The van der Waals surface area contributed by atoms with Crippen molar-refractivity contribution < 1.29 is 14.6 Å². The second kappa shape index (κ2) is 6.37. The first-order chi connectivity index (χ1) is 9.15. The molecule has 19 heavy (non-hydrogen) atoms. The number of hydrogen-bond acceptors (Lipinski definition) is 4. The molecular weight excluding hydrogens is 242 g/mol. The summed E-state index contributed by atoms with van der Waals surface area (Å²) in [6.07, 6.45) is 0.580. The van der Waals surface area contributed by atoms with Crippen molar-refractivity contribution in [1.29, 1.82) is 0 Å². The van der Waals surface area contributed by atoms with Gasteiger partial charge in [-0.3, -0.25) is 0 Å². The van der Waals surface area contributed by atoms with Crippen LogP contribution in [0, 0.1) is 0 Å². The Kier molecular flexibility index (Phi) is 4.80. The summed E-state index contributed by atoms with van der Waals surface area (Å²) in [4.78, 5) is 0. The van der Waals surface area contributed by atoms with Crippen LogP contribution < -0.4 is 10.1 Å². The molecule has 2 unspecified atom stereocenters. The van der Waals surface area contributed by atoms with Crippen molar-refractivity contribution >= 4 is 0 Å². The van der Waals surface area contributed by atoms with Crippen LogP contribution in [0.25, 0.3) is 0 Å². The summed E-state index contributed by atoms with van der Waals surface area (Å²) in [7, 11) is 0. The number of benzene rings is 1. The highest BCUT2D eigenvalue weighted by Crippen LogP contribution is 2.25. The van der Waals surface area contributed by atoms with E-state index in [1.807, 2.05) is 38.1 Å². The van der Waals surface area contributed by atoms with Gasteiger partial charge < -0.3 is 19.9 Å². The third kappa shape index (κ3) is 3.47. The van der Waals surface area contributed by atoms with Gasteiger partial charge in [0.2, 0.25) is 0 Å². The maximum Gasteiger partial charge on any atom is 0.123 e. The summed E-state index contributed by atoms with van der Waals surface area (Å²) >= 11 is 0. The molecule has 2 N–H and O–H groups in total. The lowest BCUT2D eigenvalue weighted by Crippen LogP contribution is -2.45. The van der Waals surface area contributed by atoms with E-state index in [0.717, 1.165) is 11.3 Å². The van der Waals surface area contributed by atoms with E-state index in [0.29, 0.717) is 32.7 Å². The van der Waals surface area contributed by atoms with E-state index in [-0.39, 0.29) is 6.10 Å².